The highest BCUT2D eigenvalue weighted by molar-refractivity contribution is 5.85. The molecule has 0 radical (unpaired) electrons. The number of halogens is 1. The van der Waals surface area contributed by atoms with Crippen LogP contribution in [-0.4, -0.2) is 25.2 Å². The van der Waals surface area contributed by atoms with Gasteiger partial charge in [-0.05, 0) is 42.9 Å². The Balaban J connectivity index is 0.00000208. The molecule has 1 aliphatic heterocycles. The normalized spacial score (nSPS) is 23.2. The quantitative estimate of drug-likeness (QED) is 0.852. The van der Waals surface area contributed by atoms with Crippen LogP contribution in [0.15, 0.2) is 18.2 Å². The van der Waals surface area contributed by atoms with E-state index in [9.17, 15) is 4.79 Å². The van der Waals surface area contributed by atoms with Crippen LogP contribution in [0.2, 0.25) is 0 Å². The van der Waals surface area contributed by atoms with Crippen molar-refractivity contribution in [2.45, 2.75) is 51.1 Å². The molecule has 0 bridgehead atoms. The lowest BCUT2D eigenvalue weighted by atomic mass is 9.98. The highest BCUT2D eigenvalue weighted by atomic mass is 35.5. The van der Waals surface area contributed by atoms with Crippen LogP contribution in [0.25, 0.3) is 0 Å². The van der Waals surface area contributed by atoms with Gasteiger partial charge in [0.15, 0.2) is 11.5 Å². The summed E-state index contributed by atoms with van der Waals surface area (Å²) in [7, 11) is 0. The number of amides is 1. The number of rotatable bonds is 5. The van der Waals surface area contributed by atoms with Gasteiger partial charge in [-0.3, -0.25) is 4.79 Å². The molecule has 1 aromatic carbocycles. The van der Waals surface area contributed by atoms with Crippen LogP contribution >= 0.6 is 12.4 Å². The molecule has 5 nitrogen and oxygen atoms in total. The fourth-order valence-corrected chi connectivity index (χ4v) is 3.51. The lowest BCUT2D eigenvalue weighted by Crippen LogP contribution is -2.33. The van der Waals surface area contributed by atoms with Gasteiger partial charge in [0.1, 0.15) is 13.2 Å². The minimum Gasteiger partial charge on any atom is -0.486 e. The molecule has 1 heterocycles. The molecule has 1 saturated carbocycles. The maximum Gasteiger partial charge on any atom is 0.220 e. The van der Waals surface area contributed by atoms with Crippen molar-refractivity contribution in [3.05, 3.63) is 23.8 Å². The van der Waals surface area contributed by atoms with Gasteiger partial charge >= 0.3 is 0 Å². The number of carbonyl (C=O) groups is 1. The Morgan fingerprint density at radius 1 is 1.29 bits per heavy atom. The van der Waals surface area contributed by atoms with Crippen molar-refractivity contribution in [3.63, 3.8) is 0 Å². The van der Waals surface area contributed by atoms with Crippen molar-refractivity contribution >= 4 is 18.3 Å². The van der Waals surface area contributed by atoms with E-state index in [0.29, 0.717) is 25.6 Å². The third-order valence-electron chi connectivity index (χ3n) is 4.88. The molecule has 3 N–H and O–H groups in total. The van der Waals surface area contributed by atoms with Gasteiger partial charge < -0.3 is 20.5 Å². The SMILES string of the molecule is CCC(NC(=O)C[C@@H]1CCC[C@H]1N)c1ccc2c(c1)OCCO2.Cl. The summed E-state index contributed by atoms with van der Waals surface area (Å²) in [5.41, 5.74) is 7.12. The van der Waals surface area contributed by atoms with Gasteiger partial charge in [0.05, 0.1) is 6.04 Å². The van der Waals surface area contributed by atoms with Crippen molar-refractivity contribution < 1.29 is 14.3 Å². The Hall–Kier alpha value is -1.46. The van der Waals surface area contributed by atoms with Crippen LogP contribution in [-0.2, 0) is 4.79 Å². The summed E-state index contributed by atoms with van der Waals surface area (Å²) in [6.07, 6.45) is 4.61. The highest BCUT2D eigenvalue weighted by Crippen LogP contribution is 2.33. The maximum atomic E-state index is 12.4. The molecule has 1 aromatic rings. The Morgan fingerprint density at radius 2 is 2.04 bits per heavy atom. The van der Waals surface area contributed by atoms with E-state index in [1.165, 1.54) is 0 Å². The molecule has 6 heteroatoms. The van der Waals surface area contributed by atoms with Crippen molar-refractivity contribution in [2.75, 3.05) is 13.2 Å². The number of carbonyl (C=O) groups excluding carboxylic acids is 1. The van der Waals surface area contributed by atoms with Gasteiger partial charge in [0.25, 0.3) is 0 Å². The van der Waals surface area contributed by atoms with E-state index in [4.69, 9.17) is 15.2 Å². The molecule has 0 aromatic heterocycles. The predicted octanol–water partition coefficient (Wildman–Crippen LogP) is 2.96. The monoisotopic (exact) mass is 354 g/mol. The van der Waals surface area contributed by atoms with Crippen LogP contribution in [0.4, 0.5) is 0 Å². The van der Waals surface area contributed by atoms with Crippen LogP contribution in [0.5, 0.6) is 11.5 Å². The minimum absolute atomic E-state index is 0. The van der Waals surface area contributed by atoms with Gasteiger partial charge in [0, 0.05) is 12.5 Å². The average Bonchev–Trinajstić information content (AvgIpc) is 2.97. The fraction of sp³-hybridized carbons (Fsp3) is 0.611. The molecule has 134 valence electrons. The van der Waals surface area contributed by atoms with E-state index in [1.54, 1.807) is 0 Å². The van der Waals surface area contributed by atoms with Gasteiger partial charge in [-0.15, -0.1) is 12.4 Å². The smallest absolute Gasteiger partial charge is 0.220 e. The van der Waals surface area contributed by atoms with Crippen LogP contribution in [0.3, 0.4) is 0 Å². The zero-order valence-electron chi connectivity index (χ0n) is 14.1. The van der Waals surface area contributed by atoms with E-state index in [0.717, 1.165) is 42.7 Å². The third kappa shape index (κ3) is 4.33. The number of fused-ring (bicyclic) bond motifs is 1. The van der Waals surface area contributed by atoms with Gasteiger partial charge in [-0.1, -0.05) is 19.4 Å². The molecule has 3 rings (SSSR count). The summed E-state index contributed by atoms with van der Waals surface area (Å²) in [4.78, 5) is 12.4. The van der Waals surface area contributed by atoms with Crippen LogP contribution in [0, 0.1) is 5.92 Å². The summed E-state index contributed by atoms with van der Waals surface area (Å²) < 4.78 is 11.2. The first-order valence-electron chi connectivity index (χ1n) is 8.62. The number of benzene rings is 1. The molecule has 1 fully saturated rings. The largest absolute Gasteiger partial charge is 0.486 e. The van der Waals surface area contributed by atoms with Crippen LogP contribution in [0.1, 0.15) is 50.6 Å². The van der Waals surface area contributed by atoms with E-state index >= 15 is 0 Å². The summed E-state index contributed by atoms with van der Waals surface area (Å²) in [6, 6.07) is 6.07. The molecular formula is C18H27ClN2O3. The lowest BCUT2D eigenvalue weighted by Gasteiger charge is -2.23. The molecule has 1 unspecified atom stereocenters. The second-order valence-corrected chi connectivity index (χ2v) is 6.49. The molecule has 2 aliphatic rings. The Labute approximate surface area is 149 Å². The van der Waals surface area contributed by atoms with Crippen molar-refractivity contribution in [1.82, 2.24) is 5.32 Å². The lowest BCUT2D eigenvalue weighted by molar-refractivity contribution is -0.122. The summed E-state index contributed by atoms with van der Waals surface area (Å²) >= 11 is 0. The first-order valence-corrected chi connectivity index (χ1v) is 8.62. The van der Waals surface area contributed by atoms with Gasteiger partial charge in [-0.2, -0.15) is 0 Å². The summed E-state index contributed by atoms with van der Waals surface area (Å²) in [6.45, 7) is 3.23. The Morgan fingerprint density at radius 3 is 2.71 bits per heavy atom. The Kier molecular flexibility index (Phi) is 6.75. The topological polar surface area (TPSA) is 73.6 Å². The van der Waals surface area contributed by atoms with Gasteiger partial charge in [-0.25, -0.2) is 0 Å². The van der Waals surface area contributed by atoms with Crippen molar-refractivity contribution in [2.24, 2.45) is 11.7 Å². The predicted molar refractivity (Wildman–Crippen MR) is 95.8 cm³/mol. The number of hydrogen-bond donors (Lipinski definition) is 2. The number of nitrogens with one attached hydrogen (secondary N) is 1. The second kappa shape index (κ2) is 8.58. The summed E-state index contributed by atoms with van der Waals surface area (Å²) in [5, 5.41) is 3.15. The molecular weight excluding hydrogens is 328 g/mol. The van der Waals surface area contributed by atoms with E-state index in [-0.39, 0.29) is 30.4 Å². The zero-order chi connectivity index (χ0) is 16.2. The molecule has 3 atom stereocenters. The standard InChI is InChI=1S/C18H26N2O3.ClH/c1-2-15(20-18(21)11-12-4-3-5-14(12)19)13-6-7-16-17(10-13)23-9-8-22-16;/h6-7,10,12,14-15H,2-5,8-9,11,19H2,1H3,(H,20,21);1H/t12-,14+,15?;/m0./s1. The number of ether oxygens (including phenoxy) is 2. The molecule has 24 heavy (non-hydrogen) atoms. The third-order valence-corrected chi connectivity index (χ3v) is 4.88. The molecule has 1 aliphatic carbocycles. The number of hydrogen-bond acceptors (Lipinski definition) is 4. The van der Waals surface area contributed by atoms with E-state index in [1.807, 2.05) is 18.2 Å². The average molecular weight is 355 g/mol. The zero-order valence-corrected chi connectivity index (χ0v) is 14.9. The first-order chi connectivity index (χ1) is 11.2. The Bertz CT molecular complexity index is 567. The fourth-order valence-electron chi connectivity index (χ4n) is 3.51. The summed E-state index contributed by atoms with van der Waals surface area (Å²) in [5.74, 6) is 1.96. The molecule has 0 saturated heterocycles. The van der Waals surface area contributed by atoms with Crippen molar-refractivity contribution in [3.8, 4) is 11.5 Å². The van der Waals surface area contributed by atoms with Crippen LogP contribution < -0.4 is 20.5 Å². The minimum atomic E-state index is -0.00375. The maximum absolute atomic E-state index is 12.4. The van der Waals surface area contributed by atoms with E-state index < -0.39 is 0 Å². The molecule has 1 amide bonds. The number of nitrogens with two attached hydrogens (primary N) is 1. The molecule has 0 spiro atoms. The van der Waals surface area contributed by atoms with Gasteiger partial charge in [0.2, 0.25) is 5.91 Å². The highest BCUT2D eigenvalue weighted by Gasteiger charge is 2.27. The van der Waals surface area contributed by atoms with E-state index in [2.05, 4.69) is 12.2 Å². The van der Waals surface area contributed by atoms with Crippen molar-refractivity contribution in [1.29, 1.82) is 0 Å². The second-order valence-electron chi connectivity index (χ2n) is 6.49. The first kappa shape index (κ1) is 18.9.